The maximum Gasteiger partial charge on any atom is 0.188 e. The Kier molecular flexibility index (Phi) is 11.1. The molecule has 0 fully saturated rings. The quantitative estimate of drug-likeness (QED) is 0.0896. The van der Waals surface area contributed by atoms with Crippen molar-refractivity contribution in [3.05, 3.63) is 130 Å². The van der Waals surface area contributed by atoms with Gasteiger partial charge in [-0.2, -0.15) is 0 Å². The van der Waals surface area contributed by atoms with Crippen molar-refractivity contribution in [3.8, 4) is 5.75 Å². The molecule has 4 aromatic carbocycles. The normalized spacial score (nSPS) is 13.2. The molecule has 0 aliphatic rings. The molecule has 0 saturated heterocycles. The molecule has 2 atom stereocenters. The van der Waals surface area contributed by atoms with Crippen LogP contribution < -0.4 is 10.0 Å². The summed E-state index contributed by atoms with van der Waals surface area (Å²) in [5.41, 5.74) is 7.62. The van der Waals surface area contributed by atoms with E-state index in [1.165, 1.54) is 38.7 Å². The Balaban J connectivity index is 1.93. The molecule has 0 aliphatic heterocycles. The largest absolute Gasteiger partial charge is 0.467 e. The fourth-order valence-electron chi connectivity index (χ4n) is 5.55. The Hall–Kier alpha value is -3.26. The summed E-state index contributed by atoms with van der Waals surface area (Å²) in [7, 11) is 4.12. The Labute approximate surface area is 242 Å². The van der Waals surface area contributed by atoms with Gasteiger partial charge < -0.3 is 9.47 Å². The lowest BCUT2D eigenvalue weighted by molar-refractivity contribution is 0.0492. The molecular weight excluding hydrogens is 509 g/mol. The highest BCUT2D eigenvalue weighted by Crippen LogP contribution is 2.52. The van der Waals surface area contributed by atoms with Gasteiger partial charge in [-0.25, -0.2) is 0 Å². The van der Waals surface area contributed by atoms with Crippen molar-refractivity contribution in [2.45, 2.75) is 51.1 Å². The zero-order valence-corrected chi connectivity index (χ0v) is 25.3. The van der Waals surface area contributed by atoms with E-state index in [1.807, 2.05) is 13.3 Å². The minimum absolute atomic E-state index is 0.0757. The number of hydrogen-bond donors (Lipinski definition) is 0. The summed E-state index contributed by atoms with van der Waals surface area (Å²) in [6, 6.07) is 34.9. The number of hydrogen-bond acceptors (Lipinski definition) is 3. The van der Waals surface area contributed by atoms with Crippen LogP contribution in [0.25, 0.3) is 0 Å². The molecule has 0 spiro atoms. The number of rotatable bonds is 14. The second-order valence-electron chi connectivity index (χ2n) is 10.3. The third-order valence-electron chi connectivity index (χ3n) is 7.43. The number of benzene rings is 4. The molecule has 4 heteroatoms. The molecule has 0 radical (unpaired) electrons. The van der Waals surface area contributed by atoms with Crippen LogP contribution in [0, 0.1) is 0 Å². The molecule has 40 heavy (non-hydrogen) atoms. The van der Waals surface area contributed by atoms with Crippen LogP contribution in [0.4, 0.5) is 0 Å². The van der Waals surface area contributed by atoms with Crippen molar-refractivity contribution in [1.82, 2.24) is 0 Å². The van der Waals surface area contributed by atoms with Gasteiger partial charge in [-0.05, 0) is 52.4 Å². The van der Waals surface area contributed by atoms with E-state index in [-0.39, 0.29) is 11.9 Å². The monoisotopic (exact) mass is 551 g/mol. The van der Waals surface area contributed by atoms with E-state index in [0.717, 1.165) is 37.9 Å². The van der Waals surface area contributed by atoms with E-state index in [9.17, 15) is 0 Å². The first-order valence-corrected chi connectivity index (χ1v) is 15.3. The summed E-state index contributed by atoms with van der Waals surface area (Å²) in [5, 5.41) is 1.27. The van der Waals surface area contributed by atoms with Crippen LogP contribution in [0.1, 0.15) is 66.5 Å². The first-order chi connectivity index (χ1) is 19.6. The second-order valence-corrected chi connectivity index (χ2v) is 12.0. The van der Waals surface area contributed by atoms with Crippen molar-refractivity contribution in [2.24, 2.45) is 4.99 Å². The molecule has 4 aromatic rings. The second kappa shape index (κ2) is 14.9. The maximum atomic E-state index is 6.52. The van der Waals surface area contributed by atoms with Gasteiger partial charge in [-0.15, -0.1) is 0 Å². The lowest BCUT2D eigenvalue weighted by atomic mass is 9.85. The molecular formula is C36H42NO2P. The van der Waals surface area contributed by atoms with Gasteiger partial charge >= 0.3 is 0 Å². The molecule has 0 N–H and O–H groups in total. The van der Waals surface area contributed by atoms with Crippen LogP contribution in [0.2, 0.25) is 0 Å². The lowest BCUT2D eigenvalue weighted by Gasteiger charge is -2.36. The summed E-state index contributed by atoms with van der Waals surface area (Å²) in [6.07, 6.45) is 6.86. The summed E-state index contributed by atoms with van der Waals surface area (Å²) in [5.74, 6) is 0.979. The number of ether oxygens (including phenoxy) is 2. The Morgan fingerprint density at radius 2 is 1.45 bits per heavy atom. The maximum absolute atomic E-state index is 6.52. The van der Waals surface area contributed by atoms with Gasteiger partial charge in [0, 0.05) is 37.5 Å². The van der Waals surface area contributed by atoms with Crippen molar-refractivity contribution in [3.63, 3.8) is 0 Å². The van der Waals surface area contributed by atoms with Gasteiger partial charge in [0.1, 0.15) is 5.75 Å². The fraction of sp³-hybridized carbons (Fsp3) is 0.306. The fourth-order valence-corrected chi connectivity index (χ4v) is 7.41. The predicted molar refractivity (Wildman–Crippen MR) is 172 cm³/mol. The third kappa shape index (κ3) is 7.47. The van der Waals surface area contributed by atoms with Crippen LogP contribution in [-0.2, 0) is 22.7 Å². The average molecular weight is 552 g/mol. The molecule has 0 aromatic heterocycles. The highest BCUT2D eigenvalue weighted by atomic mass is 31.1. The SMILES string of the molecule is CCCC(CC)(Pc1ccccc1C=NC)c1cc(Cc2ccccc2)cc(Cc2ccccc2)c1OCOC. The molecule has 0 amide bonds. The molecule has 4 rings (SSSR count). The van der Waals surface area contributed by atoms with Gasteiger partial charge in [0.05, 0.1) is 0 Å². The van der Waals surface area contributed by atoms with Crippen LogP contribution in [0.3, 0.4) is 0 Å². The van der Waals surface area contributed by atoms with Crippen molar-refractivity contribution in [2.75, 3.05) is 21.0 Å². The van der Waals surface area contributed by atoms with Crippen LogP contribution >= 0.6 is 8.58 Å². The molecule has 2 unspecified atom stereocenters. The molecule has 0 saturated carbocycles. The van der Waals surface area contributed by atoms with E-state index in [1.54, 1.807) is 7.11 Å². The predicted octanol–water partition coefficient (Wildman–Crippen LogP) is 8.31. The number of aliphatic imine (C=N–C) groups is 1. The Morgan fingerprint density at radius 1 is 0.800 bits per heavy atom. The minimum Gasteiger partial charge on any atom is -0.467 e. The average Bonchev–Trinajstić information content (AvgIpc) is 2.98. The highest BCUT2D eigenvalue weighted by molar-refractivity contribution is 7.48. The van der Waals surface area contributed by atoms with E-state index < -0.39 is 0 Å². The molecule has 0 bridgehead atoms. The van der Waals surface area contributed by atoms with Gasteiger partial charge in [-0.1, -0.05) is 126 Å². The first-order valence-electron chi connectivity index (χ1n) is 14.3. The van der Waals surface area contributed by atoms with E-state index >= 15 is 0 Å². The number of methoxy groups -OCH3 is 1. The van der Waals surface area contributed by atoms with Crippen LogP contribution in [0.15, 0.2) is 102 Å². The molecule has 3 nitrogen and oxygen atoms in total. The molecule has 0 heterocycles. The zero-order chi connectivity index (χ0) is 28.2. The molecule has 208 valence electrons. The highest BCUT2D eigenvalue weighted by Gasteiger charge is 2.35. The topological polar surface area (TPSA) is 30.8 Å². The smallest absolute Gasteiger partial charge is 0.188 e. The first kappa shape index (κ1) is 29.7. The van der Waals surface area contributed by atoms with Crippen molar-refractivity contribution >= 4 is 20.1 Å². The Morgan fingerprint density at radius 3 is 2.08 bits per heavy atom. The van der Waals surface area contributed by atoms with Crippen LogP contribution in [0.5, 0.6) is 5.75 Å². The van der Waals surface area contributed by atoms with E-state index in [4.69, 9.17) is 9.47 Å². The lowest BCUT2D eigenvalue weighted by Crippen LogP contribution is -2.26. The van der Waals surface area contributed by atoms with Crippen molar-refractivity contribution in [1.29, 1.82) is 0 Å². The summed E-state index contributed by atoms with van der Waals surface area (Å²) in [4.78, 5) is 4.36. The number of nitrogens with zero attached hydrogens (tertiary/aromatic N) is 1. The summed E-state index contributed by atoms with van der Waals surface area (Å²) in [6.45, 7) is 4.85. The van der Waals surface area contributed by atoms with E-state index in [2.05, 4.69) is 116 Å². The van der Waals surface area contributed by atoms with Gasteiger partial charge in [0.25, 0.3) is 0 Å². The zero-order valence-electron chi connectivity index (χ0n) is 24.3. The summed E-state index contributed by atoms with van der Waals surface area (Å²) < 4.78 is 12.0. The van der Waals surface area contributed by atoms with E-state index in [0.29, 0.717) is 8.58 Å². The van der Waals surface area contributed by atoms with Crippen LogP contribution in [-0.4, -0.2) is 27.2 Å². The summed E-state index contributed by atoms with van der Waals surface area (Å²) >= 11 is 0. The standard InChI is InChI=1S/C36H42NO2P/c1-5-21-36(6-2,40-34-20-14-13-19-31(34)26-37-3)33-25-30(22-28-15-9-7-10-16-28)24-32(35(33)39-27-38-4)23-29-17-11-8-12-18-29/h7-20,24-26,40H,5-6,21-23,27H2,1-4H3. The minimum atomic E-state index is -0.0757. The van der Waals surface area contributed by atoms with Gasteiger partial charge in [0.15, 0.2) is 6.79 Å². The third-order valence-corrected chi connectivity index (χ3v) is 9.51. The van der Waals surface area contributed by atoms with Crippen molar-refractivity contribution < 1.29 is 9.47 Å². The van der Waals surface area contributed by atoms with Gasteiger partial charge in [0.2, 0.25) is 0 Å². The molecule has 0 aliphatic carbocycles. The van der Waals surface area contributed by atoms with Gasteiger partial charge in [-0.3, -0.25) is 4.99 Å². The Bertz CT molecular complexity index is 1370.